The predicted octanol–water partition coefficient (Wildman–Crippen LogP) is -0.365. The summed E-state index contributed by atoms with van der Waals surface area (Å²) < 4.78 is 2.22. The third kappa shape index (κ3) is 1.57. The van der Waals surface area contributed by atoms with Crippen LogP contribution in [0.3, 0.4) is 0 Å². The fourth-order valence-corrected chi connectivity index (χ4v) is 2.10. The summed E-state index contributed by atoms with van der Waals surface area (Å²) >= 11 is 0. The molecule has 0 radical (unpaired) electrons. The van der Waals surface area contributed by atoms with Gasteiger partial charge in [-0.25, -0.2) is 4.58 Å². The van der Waals surface area contributed by atoms with E-state index >= 15 is 0 Å². The molecule has 0 atom stereocenters. The zero-order valence-corrected chi connectivity index (χ0v) is 9.89. The zero-order valence-electron chi connectivity index (χ0n) is 9.13. The number of aryl methyl sites for hydroxylation is 1. The minimum Gasteiger partial charge on any atom is -1.00 e. The predicted molar refractivity (Wildman–Crippen MR) is 56.1 cm³/mol. The van der Waals surface area contributed by atoms with Crippen molar-refractivity contribution in [3.05, 3.63) is 29.3 Å². The van der Waals surface area contributed by atoms with Crippen molar-refractivity contribution >= 4 is 11.9 Å². The van der Waals surface area contributed by atoms with Crippen molar-refractivity contribution in [2.75, 3.05) is 7.05 Å². The van der Waals surface area contributed by atoms with Crippen LogP contribution in [0.2, 0.25) is 0 Å². The molecule has 14 heavy (non-hydrogen) atoms. The van der Waals surface area contributed by atoms with Crippen LogP contribution in [0.25, 0.3) is 0 Å². The fraction of sp³-hybridized carbons (Fsp3) is 0.417. The van der Waals surface area contributed by atoms with E-state index < -0.39 is 0 Å². The summed E-state index contributed by atoms with van der Waals surface area (Å²) in [6, 6.07) is 6.66. The first-order valence-electron chi connectivity index (χ1n) is 4.71. The van der Waals surface area contributed by atoms with Crippen molar-refractivity contribution < 1.29 is 17.0 Å². The average Bonchev–Trinajstić information content (AvgIpc) is 2.23. The molecule has 0 saturated carbocycles. The maximum absolute atomic E-state index is 2.29. The van der Waals surface area contributed by atoms with Crippen LogP contribution < -0.4 is 12.4 Å². The van der Waals surface area contributed by atoms with Gasteiger partial charge < -0.3 is 12.4 Å². The second-order valence-corrected chi connectivity index (χ2v) is 4.48. The molecule has 2 heteroatoms. The normalized spacial score (nSPS) is 17.0. The topological polar surface area (TPSA) is 3.01 Å². The van der Waals surface area contributed by atoms with E-state index in [9.17, 15) is 0 Å². The van der Waals surface area contributed by atoms with Gasteiger partial charge >= 0.3 is 0 Å². The molecule has 0 aliphatic carbocycles. The van der Waals surface area contributed by atoms with Crippen LogP contribution in [-0.4, -0.2) is 17.8 Å². The molecular weight excluding hydrogens is 194 g/mol. The quantitative estimate of drug-likeness (QED) is 0.514. The second kappa shape index (κ2) is 3.39. The van der Waals surface area contributed by atoms with Crippen molar-refractivity contribution in [3.8, 4) is 0 Å². The molecule has 1 heterocycles. The maximum atomic E-state index is 2.29. The lowest BCUT2D eigenvalue weighted by Crippen LogP contribution is -3.00. The highest BCUT2D eigenvalue weighted by molar-refractivity contribution is 5.77. The summed E-state index contributed by atoms with van der Waals surface area (Å²) in [5, 5.41) is 0. The Morgan fingerprint density at radius 3 is 2.50 bits per heavy atom. The van der Waals surface area contributed by atoms with Crippen LogP contribution in [0.4, 0.5) is 5.69 Å². The van der Waals surface area contributed by atoms with Crippen LogP contribution >= 0.6 is 0 Å². The molecule has 2 rings (SSSR count). The van der Waals surface area contributed by atoms with E-state index in [1.165, 1.54) is 16.8 Å². The molecule has 1 aliphatic heterocycles. The van der Waals surface area contributed by atoms with Gasteiger partial charge in [-0.15, -0.1) is 0 Å². The average molecular weight is 210 g/mol. The van der Waals surface area contributed by atoms with Crippen LogP contribution in [0.5, 0.6) is 0 Å². The van der Waals surface area contributed by atoms with Crippen molar-refractivity contribution in [3.63, 3.8) is 0 Å². The van der Waals surface area contributed by atoms with Crippen molar-refractivity contribution in [2.45, 2.75) is 26.2 Å². The highest BCUT2D eigenvalue weighted by Crippen LogP contribution is 2.35. The Kier molecular flexibility index (Phi) is 2.73. The molecule has 0 spiro atoms. The van der Waals surface area contributed by atoms with E-state index in [-0.39, 0.29) is 17.8 Å². The molecule has 0 amide bonds. The van der Waals surface area contributed by atoms with E-state index in [1.54, 1.807) is 0 Å². The minimum atomic E-state index is 0. The molecule has 0 aromatic heterocycles. The summed E-state index contributed by atoms with van der Waals surface area (Å²) in [6.07, 6.45) is 2.27. The Labute approximate surface area is 91.9 Å². The Bertz CT molecular complexity index is 391. The lowest BCUT2D eigenvalue weighted by atomic mass is 9.86. The Balaban J connectivity index is 0.000000980. The summed E-state index contributed by atoms with van der Waals surface area (Å²) in [7, 11) is 2.11. The number of nitrogens with zero attached hydrogens (tertiary/aromatic N) is 1. The van der Waals surface area contributed by atoms with Gasteiger partial charge in [-0.3, -0.25) is 0 Å². The Hall–Kier alpha value is -0.820. The zero-order chi connectivity index (χ0) is 9.64. The van der Waals surface area contributed by atoms with Gasteiger partial charge in [0.15, 0.2) is 6.21 Å². The van der Waals surface area contributed by atoms with Gasteiger partial charge in [0, 0.05) is 11.6 Å². The van der Waals surface area contributed by atoms with Crippen LogP contribution in [-0.2, 0) is 5.41 Å². The molecule has 1 aliphatic rings. The molecule has 1 nitrogen and oxygen atoms in total. The summed E-state index contributed by atoms with van der Waals surface area (Å²) in [6.45, 7) is 6.66. The van der Waals surface area contributed by atoms with Crippen LogP contribution in [0.15, 0.2) is 18.2 Å². The number of hydrogen-bond acceptors (Lipinski definition) is 0. The molecule has 0 N–H and O–H groups in total. The highest BCUT2D eigenvalue weighted by Gasteiger charge is 2.34. The van der Waals surface area contributed by atoms with E-state index in [0.717, 1.165) is 0 Å². The number of fused-ring (bicyclic) bond motifs is 1. The molecular formula is C12H16ClN. The van der Waals surface area contributed by atoms with E-state index in [1.807, 2.05) is 0 Å². The fourth-order valence-electron chi connectivity index (χ4n) is 2.10. The Morgan fingerprint density at radius 1 is 1.21 bits per heavy atom. The summed E-state index contributed by atoms with van der Waals surface area (Å²) in [4.78, 5) is 0. The standard InChI is InChI=1S/C12H16N.ClH/c1-9-5-6-11-10(7-9)12(2,3)8-13(11)4;/h5-8H,1-4H3;1H/q+1;/p-1. The highest BCUT2D eigenvalue weighted by atomic mass is 35.5. The van der Waals surface area contributed by atoms with Gasteiger partial charge in [-0.1, -0.05) is 11.6 Å². The summed E-state index contributed by atoms with van der Waals surface area (Å²) in [5.41, 5.74) is 4.32. The minimum absolute atomic E-state index is 0. The third-order valence-corrected chi connectivity index (χ3v) is 2.74. The Morgan fingerprint density at radius 2 is 1.86 bits per heavy atom. The van der Waals surface area contributed by atoms with Crippen LogP contribution in [0.1, 0.15) is 25.0 Å². The molecule has 0 fully saturated rings. The molecule has 0 saturated heterocycles. The molecule has 76 valence electrons. The lowest BCUT2D eigenvalue weighted by molar-refractivity contribution is -0.397. The molecule has 0 bridgehead atoms. The SMILES string of the molecule is Cc1ccc2c(c1)C(C)(C)C=[N+]2C.[Cl-]. The van der Waals surface area contributed by atoms with Gasteiger partial charge in [0.1, 0.15) is 7.05 Å². The first-order valence-corrected chi connectivity index (χ1v) is 4.71. The molecule has 0 unspecified atom stereocenters. The number of rotatable bonds is 0. The number of hydrogen-bond donors (Lipinski definition) is 0. The number of benzene rings is 1. The van der Waals surface area contributed by atoms with Gasteiger partial charge in [-0.2, -0.15) is 0 Å². The number of halogens is 1. The van der Waals surface area contributed by atoms with Crippen molar-refractivity contribution in [1.29, 1.82) is 0 Å². The van der Waals surface area contributed by atoms with Gasteiger partial charge in [-0.05, 0) is 26.8 Å². The smallest absolute Gasteiger partial charge is 0.209 e. The second-order valence-electron chi connectivity index (χ2n) is 4.48. The monoisotopic (exact) mass is 209 g/mol. The first-order chi connectivity index (χ1) is 6.00. The molecule has 1 aromatic rings. The van der Waals surface area contributed by atoms with E-state index in [2.05, 4.69) is 56.8 Å². The molecule has 1 aromatic carbocycles. The van der Waals surface area contributed by atoms with E-state index in [0.29, 0.717) is 0 Å². The lowest BCUT2D eigenvalue weighted by Gasteiger charge is -2.11. The van der Waals surface area contributed by atoms with Crippen molar-refractivity contribution in [2.24, 2.45) is 0 Å². The van der Waals surface area contributed by atoms with Gasteiger partial charge in [0.05, 0.1) is 5.41 Å². The largest absolute Gasteiger partial charge is 1.00 e. The van der Waals surface area contributed by atoms with Crippen LogP contribution in [0, 0.1) is 6.92 Å². The van der Waals surface area contributed by atoms with Gasteiger partial charge in [0.25, 0.3) is 0 Å². The third-order valence-electron chi connectivity index (χ3n) is 2.74. The van der Waals surface area contributed by atoms with Gasteiger partial charge in [0.2, 0.25) is 5.69 Å². The van der Waals surface area contributed by atoms with Crippen molar-refractivity contribution in [1.82, 2.24) is 0 Å². The first kappa shape index (κ1) is 11.3. The van der Waals surface area contributed by atoms with E-state index in [4.69, 9.17) is 0 Å². The summed E-state index contributed by atoms with van der Waals surface area (Å²) in [5.74, 6) is 0. The maximum Gasteiger partial charge on any atom is 0.209 e.